The lowest BCUT2D eigenvalue weighted by Gasteiger charge is -2.64. The number of sulfonamides is 1. The molecule has 2 bridgehead atoms. The van der Waals surface area contributed by atoms with Crippen LogP contribution >= 0.6 is 23.2 Å². The van der Waals surface area contributed by atoms with Gasteiger partial charge in [0.1, 0.15) is 4.90 Å². The van der Waals surface area contributed by atoms with Crippen LogP contribution in [-0.2, 0) is 35.4 Å². The molecule has 0 aromatic heterocycles. The third kappa shape index (κ3) is 6.23. The molecule has 46 heavy (non-hydrogen) atoms. The van der Waals surface area contributed by atoms with E-state index < -0.39 is 34.3 Å². The normalized spacial score (nSPS) is 30.3. The molecule has 5 aliphatic rings. The van der Waals surface area contributed by atoms with Gasteiger partial charge in [0.2, 0.25) is 15.6 Å². The third-order valence-electron chi connectivity index (χ3n) is 10.6. The number of hydrogen-bond donors (Lipinski definition) is 2. The lowest BCUT2D eigenvalue weighted by Crippen LogP contribution is -2.65. The van der Waals surface area contributed by atoms with Crippen LogP contribution in [0, 0.1) is 23.2 Å². The highest BCUT2D eigenvalue weighted by atomic mass is 35.5. The largest absolute Gasteiger partial charge is 0.481 e. The lowest BCUT2D eigenvalue weighted by molar-refractivity contribution is -0.199. The number of rotatable bonds is 11. The summed E-state index contributed by atoms with van der Waals surface area (Å²) < 4.78 is 42.1. The van der Waals surface area contributed by atoms with Crippen LogP contribution < -0.4 is 10.0 Å². The van der Waals surface area contributed by atoms with Gasteiger partial charge in [-0.1, -0.05) is 86.4 Å². The van der Waals surface area contributed by atoms with Crippen molar-refractivity contribution in [2.75, 3.05) is 6.54 Å². The van der Waals surface area contributed by atoms with Gasteiger partial charge in [0.05, 0.1) is 34.9 Å². The Morgan fingerprint density at radius 1 is 1.11 bits per heavy atom. The van der Waals surface area contributed by atoms with Gasteiger partial charge in [0.15, 0.2) is 0 Å². The summed E-state index contributed by atoms with van der Waals surface area (Å²) in [5, 5.41) is 7.75. The Hall–Kier alpha value is -2.15. The highest BCUT2D eigenvalue weighted by Crippen LogP contribution is 2.65. The Labute approximate surface area is 282 Å². The molecular formula is C33H42BCl2N3O6S. The van der Waals surface area contributed by atoms with Crippen molar-refractivity contribution in [1.29, 1.82) is 0 Å². The molecule has 9 nitrogen and oxygen atoms in total. The minimum absolute atomic E-state index is 0.0159. The third-order valence-corrected chi connectivity index (χ3v) is 12.7. The predicted octanol–water partition coefficient (Wildman–Crippen LogP) is 5.83. The van der Waals surface area contributed by atoms with Gasteiger partial charge >= 0.3 is 7.12 Å². The standard InChI is InChI=1S/C33H42BCl2N3O6S/c1-20(2)13-29(34-43-28-15-22-14-27(31(22,3)4)32(28,5)44-34)38-30(40)33(17-21-9-7-6-8-10-21)18-24(39-45-33)19-37-46(41,42)26-16-23(35)11-12-25(26)36/h6-12,16,20,22,27-29,37H,13-15,17-19H2,1-5H3,(H,38,40)/t22-,27-,28+,29-,32-,33?/m0/s1. The minimum atomic E-state index is -4.02. The number of carbonyl (C=O) groups is 1. The second-order valence-electron chi connectivity index (χ2n) is 14.5. The maximum absolute atomic E-state index is 14.3. The number of nitrogens with zero attached hydrogens (tertiary/aromatic N) is 1. The molecule has 2 aromatic rings. The van der Waals surface area contributed by atoms with Crippen molar-refractivity contribution >= 4 is 52.0 Å². The predicted molar refractivity (Wildman–Crippen MR) is 179 cm³/mol. The van der Waals surface area contributed by atoms with Gasteiger partial charge in [-0.3, -0.25) is 4.79 Å². The van der Waals surface area contributed by atoms with Crippen molar-refractivity contribution in [3.8, 4) is 0 Å². The first kappa shape index (κ1) is 33.7. The van der Waals surface area contributed by atoms with E-state index in [-0.39, 0.29) is 57.7 Å². The number of halogens is 2. The van der Waals surface area contributed by atoms with E-state index in [1.54, 1.807) is 0 Å². The molecule has 0 radical (unpaired) electrons. The second-order valence-corrected chi connectivity index (χ2v) is 17.1. The highest BCUT2D eigenvalue weighted by molar-refractivity contribution is 7.89. The summed E-state index contributed by atoms with van der Waals surface area (Å²) in [7, 11) is -4.62. The van der Waals surface area contributed by atoms with Crippen LogP contribution in [0.5, 0.6) is 0 Å². The van der Waals surface area contributed by atoms with E-state index in [1.165, 1.54) is 18.2 Å². The molecule has 1 amide bonds. The fourth-order valence-electron chi connectivity index (χ4n) is 7.92. The molecule has 3 aliphatic carbocycles. The number of carbonyl (C=O) groups excluding carboxylic acids is 1. The number of hydrogen-bond acceptors (Lipinski definition) is 7. The zero-order chi connectivity index (χ0) is 33.1. The topological polar surface area (TPSA) is 115 Å². The molecule has 1 unspecified atom stereocenters. The summed E-state index contributed by atoms with van der Waals surface area (Å²) in [5.41, 5.74) is -0.347. The first-order valence-electron chi connectivity index (χ1n) is 16.0. The van der Waals surface area contributed by atoms with E-state index in [9.17, 15) is 13.2 Å². The molecule has 6 atom stereocenters. The summed E-state index contributed by atoms with van der Waals surface area (Å²) in [6.07, 6.45) is 3.03. The summed E-state index contributed by atoms with van der Waals surface area (Å²) in [5.74, 6) is 0.498. The molecule has 248 valence electrons. The van der Waals surface area contributed by atoms with Crippen molar-refractivity contribution in [1.82, 2.24) is 10.0 Å². The van der Waals surface area contributed by atoms with Crippen molar-refractivity contribution in [2.45, 2.75) is 94.9 Å². The van der Waals surface area contributed by atoms with Gasteiger partial charge in [0, 0.05) is 17.9 Å². The first-order valence-corrected chi connectivity index (χ1v) is 18.2. The highest BCUT2D eigenvalue weighted by Gasteiger charge is 2.68. The van der Waals surface area contributed by atoms with Crippen molar-refractivity contribution in [2.24, 2.45) is 28.3 Å². The van der Waals surface area contributed by atoms with E-state index >= 15 is 0 Å². The Bertz CT molecular complexity index is 1630. The summed E-state index contributed by atoms with van der Waals surface area (Å²) in [6.45, 7) is 10.9. The van der Waals surface area contributed by atoms with Crippen LogP contribution in [-0.4, -0.2) is 56.9 Å². The zero-order valence-corrected chi connectivity index (χ0v) is 29.2. The van der Waals surface area contributed by atoms with Crippen LogP contribution in [0.3, 0.4) is 0 Å². The molecule has 0 spiro atoms. The minimum Gasteiger partial charge on any atom is -0.404 e. The fraction of sp³-hybridized carbons (Fsp3) is 0.576. The molecule has 2 aromatic carbocycles. The fourth-order valence-corrected chi connectivity index (χ4v) is 9.70. The Morgan fingerprint density at radius 2 is 1.85 bits per heavy atom. The number of oxime groups is 1. The first-order chi connectivity index (χ1) is 21.6. The summed E-state index contributed by atoms with van der Waals surface area (Å²) in [4.78, 5) is 20.2. The van der Waals surface area contributed by atoms with Gasteiger partial charge in [-0.15, -0.1) is 0 Å². The molecule has 4 fully saturated rings. The number of amides is 1. The van der Waals surface area contributed by atoms with Crippen LogP contribution in [0.2, 0.25) is 10.0 Å². The maximum Gasteiger partial charge on any atom is 0.481 e. The van der Waals surface area contributed by atoms with Crippen LogP contribution in [0.15, 0.2) is 58.6 Å². The molecule has 7 rings (SSSR count). The Morgan fingerprint density at radius 3 is 2.54 bits per heavy atom. The Balaban J connectivity index is 1.20. The van der Waals surface area contributed by atoms with Gasteiger partial charge < -0.3 is 19.5 Å². The van der Waals surface area contributed by atoms with Crippen molar-refractivity contribution in [3.63, 3.8) is 0 Å². The lowest BCUT2D eigenvalue weighted by atomic mass is 9.43. The maximum atomic E-state index is 14.3. The molecule has 3 saturated carbocycles. The quantitative estimate of drug-likeness (QED) is 0.287. The van der Waals surface area contributed by atoms with E-state index in [0.29, 0.717) is 24.0 Å². The summed E-state index contributed by atoms with van der Waals surface area (Å²) >= 11 is 12.2. The van der Waals surface area contributed by atoms with Crippen LogP contribution in [0.1, 0.15) is 65.9 Å². The molecule has 2 heterocycles. The molecule has 13 heteroatoms. The molecule has 2 aliphatic heterocycles. The monoisotopic (exact) mass is 689 g/mol. The van der Waals surface area contributed by atoms with E-state index in [0.717, 1.165) is 18.4 Å². The van der Waals surface area contributed by atoms with Gasteiger partial charge in [-0.2, -0.15) is 0 Å². The molecular weight excluding hydrogens is 648 g/mol. The number of benzene rings is 2. The smallest absolute Gasteiger partial charge is 0.404 e. The van der Waals surface area contributed by atoms with Gasteiger partial charge in [-0.05, 0) is 73.1 Å². The van der Waals surface area contributed by atoms with Gasteiger partial charge in [0.25, 0.3) is 5.91 Å². The van der Waals surface area contributed by atoms with Crippen molar-refractivity contribution in [3.05, 3.63) is 64.1 Å². The van der Waals surface area contributed by atoms with E-state index in [1.807, 2.05) is 30.3 Å². The number of nitrogens with one attached hydrogen (secondary N) is 2. The molecule has 2 N–H and O–H groups in total. The SMILES string of the molecule is CC(C)C[C@H](NC(=O)C1(Cc2ccccc2)CC(CNS(=O)(=O)c2cc(Cl)ccc2Cl)=NO1)B1O[C@@H]2C[C@@H]3C[C@@H](C3(C)C)[C@]2(C)O1. The van der Waals surface area contributed by atoms with Crippen LogP contribution in [0.4, 0.5) is 0 Å². The zero-order valence-electron chi connectivity index (χ0n) is 26.9. The second kappa shape index (κ2) is 12.4. The van der Waals surface area contributed by atoms with Crippen LogP contribution in [0.25, 0.3) is 0 Å². The Kier molecular flexibility index (Phi) is 9.09. The average Bonchev–Trinajstić information content (AvgIpc) is 3.58. The summed E-state index contributed by atoms with van der Waals surface area (Å²) in [6, 6.07) is 13.8. The van der Waals surface area contributed by atoms with Gasteiger partial charge in [-0.25, -0.2) is 13.1 Å². The average molecular weight is 690 g/mol. The van der Waals surface area contributed by atoms with Crippen molar-refractivity contribution < 1.29 is 27.4 Å². The van der Waals surface area contributed by atoms with E-state index in [4.69, 9.17) is 37.3 Å². The molecule has 1 saturated heterocycles. The van der Waals surface area contributed by atoms with E-state index in [2.05, 4.69) is 49.8 Å².